The Hall–Kier alpha value is -3.74. The maximum atomic E-state index is 12.3. The number of amides is 1. The van der Waals surface area contributed by atoms with Crippen molar-refractivity contribution >= 4 is 17.6 Å². The highest BCUT2D eigenvalue weighted by Gasteiger charge is 2.14. The monoisotopic (exact) mass is 411 g/mol. The minimum absolute atomic E-state index is 0.00503. The van der Waals surface area contributed by atoms with Gasteiger partial charge in [-0.1, -0.05) is 54.6 Å². The van der Waals surface area contributed by atoms with Crippen LogP contribution in [0, 0.1) is 0 Å². The topological polar surface area (TPSA) is 64.6 Å². The van der Waals surface area contributed by atoms with Gasteiger partial charge in [0.25, 0.3) is 5.91 Å². The van der Waals surface area contributed by atoms with Crippen molar-refractivity contribution in [2.24, 2.45) is 0 Å². The van der Waals surface area contributed by atoms with Crippen molar-refractivity contribution in [1.82, 2.24) is 0 Å². The third kappa shape index (κ3) is 6.13. The van der Waals surface area contributed by atoms with Crippen LogP contribution in [0.3, 0.4) is 0 Å². The SMILES string of the molecule is O=C(COC(=O)c1cccc(OC(F)F)c1)Nc1ccccc1Cc1ccccc1. The number of ether oxygens (including phenoxy) is 2. The molecular weight excluding hydrogens is 392 g/mol. The zero-order chi connectivity index (χ0) is 21.3. The Morgan fingerprint density at radius 1 is 0.900 bits per heavy atom. The van der Waals surface area contributed by atoms with Gasteiger partial charge in [0, 0.05) is 5.69 Å². The summed E-state index contributed by atoms with van der Waals surface area (Å²) in [5.41, 5.74) is 2.64. The number of hydrogen-bond donors (Lipinski definition) is 1. The number of benzene rings is 3. The van der Waals surface area contributed by atoms with Crippen LogP contribution in [0.1, 0.15) is 21.5 Å². The number of nitrogens with one attached hydrogen (secondary N) is 1. The van der Waals surface area contributed by atoms with Crippen LogP contribution in [0.4, 0.5) is 14.5 Å². The minimum Gasteiger partial charge on any atom is -0.452 e. The smallest absolute Gasteiger partial charge is 0.387 e. The van der Waals surface area contributed by atoms with Crippen molar-refractivity contribution in [2.45, 2.75) is 13.0 Å². The summed E-state index contributed by atoms with van der Waals surface area (Å²) in [6, 6.07) is 22.3. The van der Waals surface area contributed by atoms with Gasteiger partial charge in [0.15, 0.2) is 6.61 Å². The number of hydrogen-bond acceptors (Lipinski definition) is 4. The Morgan fingerprint density at radius 2 is 1.63 bits per heavy atom. The van der Waals surface area contributed by atoms with E-state index in [1.165, 1.54) is 18.2 Å². The number of halogens is 2. The summed E-state index contributed by atoms with van der Waals surface area (Å²) in [5.74, 6) is -1.50. The quantitative estimate of drug-likeness (QED) is 0.547. The molecule has 0 saturated heterocycles. The van der Waals surface area contributed by atoms with Crippen molar-refractivity contribution in [3.8, 4) is 5.75 Å². The summed E-state index contributed by atoms with van der Waals surface area (Å²) in [6.07, 6.45) is 0.633. The maximum absolute atomic E-state index is 12.3. The lowest BCUT2D eigenvalue weighted by Gasteiger charge is -2.12. The van der Waals surface area contributed by atoms with E-state index < -0.39 is 25.1 Å². The van der Waals surface area contributed by atoms with Crippen molar-refractivity contribution in [2.75, 3.05) is 11.9 Å². The highest BCUT2D eigenvalue weighted by molar-refractivity contribution is 5.96. The van der Waals surface area contributed by atoms with Gasteiger partial charge in [-0.15, -0.1) is 0 Å². The molecule has 30 heavy (non-hydrogen) atoms. The number of alkyl halides is 2. The predicted octanol–water partition coefficient (Wildman–Crippen LogP) is 4.67. The first-order valence-electron chi connectivity index (χ1n) is 9.15. The number of carbonyl (C=O) groups is 2. The summed E-state index contributed by atoms with van der Waals surface area (Å²) in [7, 11) is 0. The standard InChI is InChI=1S/C23H19F2NO4/c24-23(25)30-19-11-6-10-18(14-19)22(28)29-15-21(27)26-20-12-5-4-9-17(20)13-16-7-2-1-3-8-16/h1-12,14,23H,13,15H2,(H,26,27). The van der Waals surface area contributed by atoms with Gasteiger partial charge < -0.3 is 14.8 Å². The summed E-state index contributed by atoms with van der Waals surface area (Å²) in [5, 5.41) is 2.74. The molecule has 0 saturated carbocycles. The predicted molar refractivity (Wildman–Crippen MR) is 108 cm³/mol. The molecule has 5 nitrogen and oxygen atoms in total. The first kappa shape index (κ1) is 21.0. The number of rotatable bonds is 8. The molecular formula is C23H19F2NO4. The molecule has 1 amide bonds. The van der Waals surface area contributed by atoms with Crippen LogP contribution < -0.4 is 10.1 Å². The molecule has 0 fully saturated rings. The molecule has 0 aliphatic carbocycles. The van der Waals surface area contributed by atoms with Crippen LogP contribution in [0.2, 0.25) is 0 Å². The zero-order valence-electron chi connectivity index (χ0n) is 15.9. The molecule has 0 aliphatic heterocycles. The van der Waals surface area contributed by atoms with E-state index in [2.05, 4.69) is 10.1 Å². The Bertz CT molecular complexity index is 1010. The molecule has 0 atom stereocenters. The molecule has 0 unspecified atom stereocenters. The summed E-state index contributed by atoms with van der Waals surface area (Å²) in [6.45, 7) is -3.52. The molecule has 0 spiro atoms. The first-order valence-corrected chi connectivity index (χ1v) is 9.15. The van der Waals surface area contributed by atoms with E-state index in [4.69, 9.17) is 4.74 Å². The lowest BCUT2D eigenvalue weighted by molar-refractivity contribution is -0.119. The van der Waals surface area contributed by atoms with Gasteiger partial charge in [0.1, 0.15) is 5.75 Å². The Kier molecular flexibility index (Phi) is 7.10. The molecule has 154 valence electrons. The zero-order valence-corrected chi connectivity index (χ0v) is 15.9. The van der Waals surface area contributed by atoms with Gasteiger partial charge in [0.05, 0.1) is 5.56 Å². The van der Waals surface area contributed by atoms with E-state index in [9.17, 15) is 18.4 Å². The third-order valence-electron chi connectivity index (χ3n) is 4.16. The molecule has 1 N–H and O–H groups in total. The second-order valence-electron chi connectivity index (χ2n) is 6.35. The number of carbonyl (C=O) groups excluding carboxylic acids is 2. The van der Waals surface area contributed by atoms with Crippen molar-refractivity contribution in [3.63, 3.8) is 0 Å². The molecule has 3 rings (SSSR count). The minimum atomic E-state index is -3.00. The molecule has 0 aliphatic rings. The maximum Gasteiger partial charge on any atom is 0.387 e. The van der Waals surface area contributed by atoms with Gasteiger partial charge >= 0.3 is 12.6 Å². The van der Waals surface area contributed by atoms with Crippen molar-refractivity contribution < 1.29 is 27.8 Å². The molecule has 3 aromatic rings. The second kappa shape index (κ2) is 10.2. The Labute approximate surface area is 172 Å². The summed E-state index contributed by atoms with van der Waals surface area (Å²) >= 11 is 0. The second-order valence-corrected chi connectivity index (χ2v) is 6.35. The first-order chi connectivity index (χ1) is 14.5. The van der Waals surface area contributed by atoms with E-state index in [1.54, 1.807) is 12.1 Å². The fourth-order valence-corrected chi connectivity index (χ4v) is 2.81. The van der Waals surface area contributed by atoms with Crippen LogP contribution in [0.15, 0.2) is 78.9 Å². The van der Waals surface area contributed by atoms with Crippen LogP contribution >= 0.6 is 0 Å². The molecule has 0 radical (unpaired) electrons. The van der Waals surface area contributed by atoms with E-state index in [0.717, 1.165) is 17.2 Å². The Morgan fingerprint density at radius 3 is 2.40 bits per heavy atom. The third-order valence-corrected chi connectivity index (χ3v) is 4.16. The van der Waals surface area contributed by atoms with Gasteiger partial charge in [0.2, 0.25) is 0 Å². The number of esters is 1. The molecule has 3 aromatic carbocycles. The summed E-state index contributed by atoms with van der Waals surface area (Å²) in [4.78, 5) is 24.4. The number of para-hydroxylation sites is 1. The van der Waals surface area contributed by atoms with Gasteiger partial charge in [-0.25, -0.2) is 4.79 Å². The fraction of sp³-hybridized carbons (Fsp3) is 0.130. The number of anilines is 1. The van der Waals surface area contributed by atoms with Crippen molar-refractivity contribution in [3.05, 3.63) is 95.6 Å². The average Bonchev–Trinajstić information content (AvgIpc) is 2.74. The van der Waals surface area contributed by atoms with Gasteiger partial charge in [-0.05, 0) is 41.8 Å². The van der Waals surface area contributed by atoms with E-state index in [1.807, 2.05) is 42.5 Å². The molecule has 0 heterocycles. The molecule has 7 heteroatoms. The van der Waals surface area contributed by atoms with Crippen LogP contribution in [0.5, 0.6) is 5.75 Å². The Balaban J connectivity index is 1.58. The highest BCUT2D eigenvalue weighted by atomic mass is 19.3. The normalized spacial score (nSPS) is 10.5. The van der Waals surface area contributed by atoms with Crippen LogP contribution in [0.25, 0.3) is 0 Å². The average molecular weight is 411 g/mol. The van der Waals surface area contributed by atoms with Crippen LogP contribution in [-0.4, -0.2) is 25.1 Å². The van der Waals surface area contributed by atoms with E-state index in [0.29, 0.717) is 12.1 Å². The molecule has 0 bridgehead atoms. The van der Waals surface area contributed by atoms with Crippen LogP contribution in [-0.2, 0) is 16.0 Å². The van der Waals surface area contributed by atoms with Crippen molar-refractivity contribution in [1.29, 1.82) is 0 Å². The molecule has 0 aromatic heterocycles. The van der Waals surface area contributed by atoms with Gasteiger partial charge in [-0.2, -0.15) is 8.78 Å². The lowest BCUT2D eigenvalue weighted by atomic mass is 10.0. The van der Waals surface area contributed by atoms with E-state index in [-0.39, 0.29) is 11.3 Å². The fourth-order valence-electron chi connectivity index (χ4n) is 2.81. The largest absolute Gasteiger partial charge is 0.452 e. The van der Waals surface area contributed by atoms with E-state index >= 15 is 0 Å². The highest BCUT2D eigenvalue weighted by Crippen LogP contribution is 2.19. The van der Waals surface area contributed by atoms with Gasteiger partial charge in [-0.3, -0.25) is 4.79 Å². The lowest BCUT2D eigenvalue weighted by Crippen LogP contribution is -2.21. The summed E-state index contributed by atoms with van der Waals surface area (Å²) < 4.78 is 33.8.